The van der Waals surface area contributed by atoms with Crippen LogP contribution in [0.4, 0.5) is 0 Å². The molecule has 1 aliphatic rings. The third-order valence-electron chi connectivity index (χ3n) is 14.2. The Labute approximate surface area is 433 Å². The van der Waals surface area contributed by atoms with E-state index in [1.807, 2.05) is 18.2 Å². The molecule has 0 saturated carbocycles. The molecule has 10 nitrogen and oxygen atoms in total. The van der Waals surface area contributed by atoms with Gasteiger partial charge in [0.25, 0.3) is 8.32 Å². The van der Waals surface area contributed by atoms with Gasteiger partial charge in [-0.3, -0.25) is 0 Å². The van der Waals surface area contributed by atoms with Gasteiger partial charge in [0, 0.05) is 21.3 Å². The highest BCUT2D eigenvalue weighted by molar-refractivity contribution is 6.99. The second-order valence-electron chi connectivity index (χ2n) is 20.8. The minimum Gasteiger partial charge on any atom is -0.405 e. The van der Waals surface area contributed by atoms with Crippen molar-refractivity contribution < 1.29 is 47.1 Å². The van der Waals surface area contributed by atoms with Crippen LogP contribution in [0.25, 0.3) is 0 Å². The summed E-state index contributed by atoms with van der Waals surface area (Å²) >= 11 is 0. The fraction of sp³-hybridized carbons (Fsp3) is 0.700. The van der Waals surface area contributed by atoms with Crippen LogP contribution in [0, 0.1) is 0 Å². The van der Waals surface area contributed by atoms with Gasteiger partial charge in [0.2, 0.25) is 0 Å². The first-order chi connectivity index (χ1) is 34.7. The molecule has 1 aliphatic heterocycles. The van der Waals surface area contributed by atoms with Crippen molar-refractivity contribution in [3.05, 3.63) is 96.6 Å². The Bertz CT molecular complexity index is 1640. The van der Waals surface area contributed by atoms with Crippen LogP contribution in [-0.4, -0.2) is 100 Å². The Balaban J connectivity index is 1.27. The summed E-state index contributed by atoms with van der Waals surface area (Å²) in [5.41, 5.74) is 1.14. The van der Waals surface area contributed by atoms with Crippen LogP contribution in [0.5, 0.6) is 0 Å². The largest absolute Gasteiger partial charge is 0.405 e. The predicted octanol–water partition coefficient (Wildman–Crippen LogP) is 13.5. The summed E-state index contributed by atoms with van der Waals surface area (Å²) in [5, 5.41) is 2.44. The van der Waals surface area contributed by atoms with Gasteiger partial charge in [0.05, 0.1) is 49.8 Å². The van der Waals surface area contributed by atoms with Gasteiger partial charge in [0.1, 0.15) is 27.2 Å². The lowest BCUT2D eigenvalue weighted by molar-refractivity contribution is -0.165. The molecule has 0 radical (unpaired) electrons. The molecule has 0 aromatic heterocycles. The van der Waals surface area contributed by atoms with Crippen molar-refractivity contribution in [2.75, 3.05) is 55.1 Å². The zero-order chi connectivity index (χ0) is 50.7. The summed E-state index contributed by atoms with van der Waals surface area (Å²) in [6, 6.07) is 31.9. The maximum absolute atomic E-state index is 7.27. The zero-order valence-electron chi connectivity index (χ0n) is 45.5. The average molecular weight is 1010 g/mol. The van der Waals surface area contributed by atoms with Crippen molar-refractivity contribution in [3.8, 4) is 0 Å². The lowest BCUT2D eigenvalue weighted by atomic mass is 9.99. The maximum Gasteiger partial charge on any atom is 0.261 e. The van der Waals surface area contributed by atoms with Crippen LogP contribution < -0.4 is 10.4 Å². The summed E-state index contributed by atoms with van der Waals surface area (Å²) in [6.07, 6.45) is 25.0. The number of hydrogen-bond acceptors (Lipinski definition) is 10. The van der Waals surface area contributed by atoms with E-state index >= 15 is 0 Å². The molecule has 0 bridgehead atoms. The molecule has 1 saturated heterocycles. The summed E-state index contributed by atoms with van der Waals surface area (Å²) in [4.78, 5) is 0. The van der Waals surface area contributed by atoms with E-state index in [2.05, 4.69) is 100 Å². The van der Waals surface area contributed by atoms with Gasteiger partial charge in [-0.15, -0.1) is 0 Å². The number of methoxy groups -OCH3 is 3. The minimum atomic E-state index is -2.69. The highest BCUT2D eigenvalue weighted by Gasteiger charge is 2.50. The number of unbranched alkanes of at least 4 members (excludes halogenated alkanes) is 12. The standard InChI is InChI=1S/C60H98O10Si/c1-8-9-10-11-12-13-14-15-16-29-41-56(67-49-63-7)58-43-44-59(70-58)57(68-50-64-45-51-32-21-17-22-33-51)42-31-30-35-52(65-47-61-5)34-23-18-24-36-53(66-48-62-6)46-69-71(60(2,3)4,54-37-25-19-26-38-54)55-39-27-20-28-40-55/h17,19-22,25-28,32-33,37-40,52-53,56-59H,8-16,18,23-24,29-31,34-36,41-50H2,1-7H3/t52?,53-,56+,57-,58+,59+/m1/s1. The molecule has 402 valence electrons. The molecule has 3 aromatic rings. The fourth-order valence-corrected chi connectivity index (χ4v) is 14.9. The van der Waals surface area contributed by atoms with E-state index in [1.54, 1.807) is 21.3 Å². The molecule has 1 fully saturated rings. The van der Waals surface area contributed by atoms with E-state index < -0.39 is 8.32 Å². The van der Waals surface area contributed by atoms with Gasteiger partial charge >= 0.3 is 0 Å². The molecule has 6 atom stereocenters. The number of hydrogen-bond donors (Lipinski definition) is 0. The van der Waals surface area contributed by atoms with Crippen molar-refractivity contribution in [1.29, 1.82) is 0 Å². The summed E-state index contributed by atoms with van der Waals surface area (Å²) in [5.74, 6) is 0. The quantitative estimate of drug-likeness (QED) is 0.0310. The summed E-state index contributed by atoms with van der Waals surface area (Å²) < 4.78 is 61.7. The van der Waals surface area contributed by atoms with Crippen LogP contribution >= 0.6 is 0 Å². The highest BCUT2D eigenvalue weighted by atomic mass is 28.4. The third kappa shape index (κ3) is 23.3. The van der Waals surface area contributed by atoms with Crippen molar-refractivity contribution in [3.63, 3.8) is 0 Å². The Morgan fingerprint density at radius 1 is 0.493 bits per heavy atom. The van der Waals surface area contributed by atoms with Crippen LogP contribution in [0.1, 0.15) is 175 Å². The molecular weight excluding hydrogens is 909 g/mol. The first kappa shape index (κ1) is 61.0. The molecule has 3 aromatic carbocycles. The molecule has 0 aliphatic carbocycles. The van der Waals surface area contributed by atoms with Gasteiger partial charge in [0.15, 0.2) is 0 Å². The van der Waals surface area contributed by atoms with Crippen molar-refractivity contribution in [2.24, 2.45) is 0 Å². The van der Waals surface area contributed by atoms with Gasteiger partial charge in [-0.1, -0.05) is 215 Å². The fourth-order valence-electron chi connectivity index (χ4n) is 10.3. The summed E-state index contributed by atoms with van der Waals surface area (Å²) in [6.45, 7) is 11.3. The van der Waals surface area contributed by atoms with E-state index in [0.29, 0.717) is 20.0 Å². The topological polar surface area (TPSA) is 92.3 Å². The number of ether oxygens (including phenoxy) is 9. The first-order valence-electron chi connectivity index (χ1n) is 27.7. The lowest BCUT2D eigenvalue weighted by Crippen LogP contribution is -2.67. The smallest absolute Gasteiger partial charge is 0.261 e. The first-order valence-corrected chi connectivity index (χ1v) is 29.6. The van der Waals surface area contributed by atoms with E-state index in [-0.39, 0.29) is 62.0 Å². The second-order valence-corrected chi connectivity index (χ2v) is 25.1. The van der Waals surface area contributed by atoms with E-state index in [0.717, 1.165) is 89.0 Å². The van der Waals surface area contributed by atoms with E-state index in [1.165, 1.54) is 68.2 Å². The molecule has 0 spiro atoms. The van der Waals surface area contributed by atoms with E-state index in [4.69, 9.17) is 47.1 Å². The highest BCUT2D eigenvalue weighted by Crippen LogP contribution is 2.37. The van der Waals surface area contributed by atoms with Crippen LogP contribution in [-0.2, 0) is 53.7 Å². The van der Waals surface area contributed by atoms with Gasteiger partial charge in [-0.25, -0.2) is 0 Å². The molecule has 0 N–H and O–H groups in total. The Kier molecular flexibility index (Phi) is 32.0. The molecule has 1 heterocycles. The second kappa shape index (κ2) is 37.2. The van der Waals surface area contributed by atoms with Gasteiger partial charge < -0.3 is 47.1 Å². The van der Waals surface area contributed by atoms with Crippen molar-refractivity contribution in [1.82, 2.24) is 0 Å². The Morgan fingerprint density at radius 3 is 1.42 bits per heavy atom. The molecule has 0 amide bonds. The van der Waals surface area contributed by atoms with Crippen LogP contribution in [0.15, 0.2) is 91.0 Å². The molecular formula is C60H98O10Si. The molecule has 11 heteroatoms. The minimum absolute atomic E-state index is 0.00628. The van der Waals surface area contributed by atoms with E-state index in [9.17, 15) is 0 Å². The van der Waals surface area contributed by atoms with Crippen molar-refractivity contribution >= 4 is 18.7 Å². The normalized spacial score (nSPS) is 17.1. The Hall–Kier alpha value is -2.52. The van der Waals surface area contributed by atoms with Crippen LogP contribution in [0.2, 0.25) is 5.04 Å². The molecule has 4 rings (SSSR count). The predicted molar refractivity (Wildman–Crippen MR) is 291 cm³/mol. The average Bonchev–Trinajstić information content (AvgIpc) is 3.88. The summed E-state index contributed by atoms with van der Waals surface area (Å²) in [7, 11) is 2.39. The maximum atomic E-state index is 7.27. The van der Waals surface area contributed by atoms with Crippen molar-refractivity contribution in [2.45, 2.75) is 217 Å². The molecule has 71 heavy (non-hydrogen) atoms. The Morgan fingerprint density at radius 2 is 0.901 bits per heavy atom. The molecule has 1 unspecified atom stereocenters. The van der Waals surface area contributed by atoms with Crippen LogP contribution in [0.3, 0.4) is 0 Å². The number of rotatable bonds is 43. The number of benzene rings is 3. The zero-order valence-corrected chi connectivity index (χ0v) is 46.5. The monoisotopic (exact) mass is 1010 g/mol. The van der Waals surface area contributed by atoms with Gasteiger partial charge in [-0.2, -0.15) is 0 Å². The van der Waals surface area contributed by atoms with Gasteiger partial charge in [-0.05, 0) is 65.9 Å². The third-order valence-corrected chi connectivity index (χ3v) is 19.2. The lowest BCUT2D eigenvalue weighted by Gasteiger charge is -2.43. The SMILES string of the molecule is CCCCCCCCCCCC[C@H](OCOC)[C@@H]1CC[C@@H]([C@@H](CCCCC(CCCCC[C@H](CO[Si](c2ccccc2)(c2ccccc2)C(C)(C)C)OCOC)OCOC)OCOCc2ccccc2)O1.